The third kappa shape index (κ3) is 10.2. The van der Waals surface area contributed by atoms with Crippen LogP contribution in [0.25, 0.3) is 0 Å². The summed E-state index contributed by atoms with van der Waals surface area (Å²) >= 11 is 0. The number of rotatable bonds is 10. The zero-order valence-electron chi connectivity index (χ0n) is 14.7. The Kier molecular flexibility index (Phi) is 14.0. The fourth-order valence-electron chi connectivity index (χ4n) is 1.88. The van der Waals surface area contributed by atoms with Crippen LogP contribution in [0.5, 0.6) is 0 Å². The SMILES string of the molecule is CCNC(=NCc1ccc(C#N)cc1F)NCCCOCCOC.I. The van der Waals surface area contributed by atoms with Crippen molar-refractivity contribution in [2.24, 2.45) is 4.99 Å². The first kappa shape index (κ1) is 23.6. The van der Waals surface area contributed by atoms with Crippen LogP contribution in [0.4, 0.5) is 4.39 Å². The van der Waals surface area contributed by atoms with Crippen LogP contribution in [0.15, 0.2) is 23.2 Å². The van der Waals surface area contributed by atoms with Crippen molar-refractivity contribution < 1.29 is 13.9 Å². The van der Waals surface area contributed by atoms with Crippen molar-refractivity contribution in [1.29, 1.82) is 5.26 Å². The van der Waals surface area contributed by atoms with Crippen LogP contribution in [-0.2, 0) is 16.0 Å². The first-order chi connectivity index (χ1) is 11.7. The smallest absolute Gasteiger partial charge is 0.191 e. The molecule has 0 unspecified atom stereocenters. The number of guanidine groups is 1. The van der Waals surface area contributed by atoms with E-state index in [-0.39, 0.29) is 30.5 Å². The summed E-state index contributed by atoms with van der Waals surface area (Å²) < 4.78 is 24.1. The zero-order chi connectivity index (χ0) is 17.6. The normalized spacial score (nSPS) is 10.7. The van der Waals surface area contributed by atoms with Gasteiger partial charge >= 0.3 is 0 Å². The van der Waals surface area contributed by atoms with Crippen LogP contribution < -0.4 is 10.6 Å². The Balaban J connectivity index is 0.00000576. The molecule has 6 nitrogen and oxygen atoms in total. The Morgan fingerprint density at radius 1 is 1.28 bits per heavy atom. The molecule has 1 aromatic rings. The van der Waals surface area contributed by atoms with Gasteiger partial charge in [-0.2, -0.15) is 5.26 Å². The lowest BCUT2D eigenvalue weighted by molar-refractivity contribution is 0.0698. The molecule has 0 saturated carbocycles. The van der Waals surface area contributed by atoms with Gasteiger partial charge in [0.2, 0.25) is 0 Å². The molecule has 140 valence electrons. The molecule has 2 N–H and O–H groups in total. The summed E-state index contributed by atoms with van der Waals surface area (Å²) in [6, 6.07) is 6.31. The largest absolute Gasteiger partial charge is 0.382 e. The van der Waals surface area contributed by atoms with Crippen molar-refractivity contribution in [1.82, 2.24) is 10.6 Å². The Hall–Kier alpha value is -1.44. The number of ether oxygens (including phenoxy) is 2. The van der Waals surface area contributed by atoms with Gasteiger partial charge in [-0.05, 0) is 25.5 Å². The maximum Gasteiger partial charge on any atom is 0.191 e. The fraction of sp³-hybridized carbons (Fsp3) is 0.529. The maximum absolute atomic E-state index is 13.8. The molecular weight excluding hydrogens is 438 g/mol. The molecule has 0 atom stereocenters. The number of nitriles is 1. The number of hydrogen-bond donors (Lipinski definition) is 2. The summed E-state index contributed by atoms with van der Waals surface area (Å²) in [6.07, 6.45) is 0.833. The van der Waals surface area contributed by atoms with Crippen molar-refractivity contribution in [3.63, 3.8) is 0 Å². The molecule has 0 amide bonds. The summed E-state index contributed by atoms with van der Waals surface area (Å²) in [5.41, 5.74) is 0.757. The van der Waals surface area contributed by atoms with E-state index in [2.05, 4.69) is 15.6 Å². The number of methoxy groups -OCH3 is 1. The van der Waals surface area contributed by atoms with Crippen LogP contribution in [0.1, 0.15) is 24.5 Å². The highest BCUT2D eigenvalue weighted by Crippen LogP contribution is 2.10. The lowest BCUT2D eigenvalue weighted by atomic mass is 10.1. The molecule has 0 spiro atoms. The summed E-state index contributed by atoms with van der Waals surface area (Å²) in [6.45, 7) is 5.40. The second-order valence-corrected chi connectivity index (χ2v) is 5.00. The van der Waals surface area contributed by atoms with Crippen LogP contribution in [-0.4, -0.2) is 46.0 Å². The van der Waals surface area contributed by atoms with Crippen molar-refractivity contribution in [2.45, 2.75) is 19.9 Å². The summed E-state index contributed by atoms with van der Waals surface area (Å²) in [5.74, 6) is 0.207. The van der Waals surface area contributed by atoms with Gasteiger partial charge in [0.15, 0.2) is 5.96 Å². The predicted molar refractivity (Wildman–Crippen MR) is 107 cm³/mol. The molecule has 8 heteroatoms. The number of nitrogens with zero attached hydrogens (tertiary/aromatic N) is 2. The Labute approximate surface area is 165 Å². The van der Waals surface area contributed by atoms with Crippen molar-refractivity contribution in [3.8, 4) is 6.07 Å². The van der Waals surface area contributed by atoms with Gasteiger partial charge in [-0.15, -0.1) is 24.0 Å². The Bertz CT molecular complexity index is 564. The number of benzene rings is 1. The second kappa shape index (κ2) is 14.9. The van der Waals surface area contributed by atoms with E-state index >= 15 is 0 Å². The highest BCUT2D eigenvalue weighted by Gasteiger charge is 2.04. The quantitative estimate of drug-likeness (QED) is 0.241. The van der Waals surface area contributed by atoms with Crippen LogP contribution in [0, 0.1) is 17.1 Å². The van der Waals surface area contributed by atoms with E-state index in [1.807, 2.05) is 13.0 Å². The molecule has 0 aliphatic rings. The highest BCUT2D eigenvalue weighted by atomic mass is 127. The lowest BCUT2D eigenvalue weighted by Gasteiger charge is -2.11. The molecule has 0 aliphatic carbocycles. The summed E-state index contributed by atoms with van der Waals surface area (Å²) in [4.78, 5) is 4.36. The molecule has 1 rings (SSSR count). The molecule has 0 aliphatic heterocycles. The van der Waals surface area contributed by atoms with Gasteiger partial charge in [-0.25, -0.2) is 9.38 Å². The molecule has 25 heavy (non-hydrogen) atoms. The third-order valence-electron chi connectivity index (χ3n) is 3.12. The molecule has 0 heterocycles. The van der Waals surface area contributed by atoms with E-state index in [1.54, 1.807) is 19.2 Å². The molecule has 0 radical (unpaired) electrons. The average molecular weight is 464 g/mol. The minimum absolute atomic E-state index is 0. The monoisotopic (exact) mass is 464 g/mol. The minimum atomic E-state index is -0.416. The molecule has 0 saturated heterocycles. The lowest BCUT2D eigenvalue weighted by Crippen LogP contribution is -2.38. The van der Waals surface area contributed by atoms with Gasteiger partial charge in [0, 0.05) is 32.4 Å². The second-order valence-electron chi connectivity index (χ2n) is 5.00. The summed E-state index contributed by atoms with van der Waals surface area (Å²) in [5, 5.41) is 15.0. The standard InChI is InChI=1S/C17H25FN4O2.HI/c1-3-20-17(21-7-4-8-24-10-9-23-2)22-13-15-6-5-14(12-19)11-16(15)18;/h5-6,11H,3-4,7-10,13H2,1-2H3,(H2,20,21,22);1H. The average Bonchev–Trinajstić information content (AvgIpc) is 2.59. The molecular formula is C17H26FIN4O2. The first-order valence-corrected chi connectivity index (χ1v) is 7.98. The molecule has 0 bridgehead atoms. The van der Waals surface area contributed by atoms with Crippen molar-refractivity contribution >= 4 is 29.9 Å². The molecule has 1 aromatic carbocycles. The zero-order valence-corrected chi connectivity index (χ0v) is 17.0. The van der Waals surface area contributed by atoms with Crippen LogP contribution >= 0.6 is 24.0 Å². The Morgan fingerprint density at radius 2 is 2.08 bits per heavy atom. The number of halogens is 2. The predicted octanol–water partition coefficient (Wildman–Crippen LogP) is 2.42. The minimum Gasteiger partial charge on any atom is -0.382 e. The first-order valence-electron chi connectivity index (χ1n) is 7.98. The van der Waals surface area contributed by atoms with Crippen molar-refractivity contribution in [3.05, 3.63) is 35.1 Å². The summed E-state index contributed by atoms with van der Waals surface area (Å²) in [7, 11) is 1.64. The number of hydrogen-bond acceptors (Lipinski definition) is 4. The topological polar surface area (TPSA) is 78.7 Å². The van der Waals surface area contributed by atoms with E-state index in [0.717, 1.165) is 6.42 Å². The van der Waals surface area contributed by atoms with E-state index < -0.39 is 5.82 Å². The van der Waals surface area contributed by atoms with Crippen LogP contribution in [0.3, 0.4) is 0 Å². The van der Waals surface area contributed by atoms with E-state index in [1.165, 1.54) is 6.07 Å². The van der Waals surface area contributed by atoms with Gasteiger partial charge < -0.3 is 20.1 Å². The van der Waals surface area contributed by atoms with E-state index in [0.29, 0.717) is 50.0 Å². The molecule has 0 fully saturated rings. The van der Waals surface area contributed by atoms with E-state index in [9.17, 15) is 4.39 Å². The van der Waals surface area contributed by atoms with Gasteiger partial charge in [0.25, 0.3) is 0 Å². The number of nitrogens with one attached hydrogen (secondary N) is 2. The van der Waals surface area contributed by atoms with Gasteiger partial charge in [-0.3, -0.25) is 0 Å². The fourth-order valence-corrected chi connectivity index (χ4v) is 1.88. The maximum atomic E-state index is 13.8. The van der Waals surface area contributed by atoms with Gasteiger partial charge in [-0.1, -0.05) is 6.07 Å². The van der Waals surface area contributed by atoms with Gasteiger partial charge in [0.05, 0.1) is 31.4 Å². The number of aliphatic imine (C=N–C) groups is 1. The third-order valence-corrected chi connectivity index (χ3v) is 3.12. The van der Waals surface area contributed by atoms with Gasteiger partial charge in [0.1, 0.15) is 5.82 Å². The molecule has 0 aromatic heterocycles. The van der Waals surface area contributed by atoms with Crippen LogP contribution in [0.2, 0.25) is 0 Å². The Morgan fingerprint density at radius 3 is 2.72 bits per heavy atom. The van der Waals surface area contributed by atoms with Crippen molar-refractivity contribution in [2.75, 3.05) is 40.0 Å². The van der Waals surface area contributed by atoms with E-state index in [4.69, 9.17) is 14.7 Å². The highest BCUT2D eigenvalue weighted by molar-refractivity contribution is 14.0.